The van der Waals surface area contributed by atoms with Crippen molar-refractivity contribution in [2.24, 2.45) is 0 Å². The molecule has 0 aliphatic carbocycles. The lowest BCUT2D eigenvalue weighted by atomic mass is 10.2. The van der Waals surface area contributed by atoms with Gasteiger partial charge in [-0.15, -0.1) is 5.10 Å². The van der Waals surface area contributed by atoms with Gasteiger partial charge in [-0.3, -0.25) is 5.32 Å². The second-order valence-corrected chi connectivity index (χ2v) is 5.20. The van der Waals surface area contributed by atoms with Gasteiger partial charge < -0.3 is 10.6 Å². The third-order valence-electron chi connectivity index (χ3n) is 3.37. The van der Waals surface area contributed by atoms with Crippen molar-refractivity contribution in [2.75, 3.05) is 23.7 Å². The van der Waals surface area contributed by atoms with Crippen LogP contribution in [0.3, 0.4) is 0 Å². The Morgan fingerprint density at radius 3 is 2.40 bits per heavy atom. The molecule has 3 rings (SSSR count). The molecule has 0 fully saturated rings. The summed E-state index contributed by atoms with van der Waals surface area (Å²) in [5.41, 5.74) is 2.57. The van der Waals surface area contributed by atoms with E-state index >= 15 is 0 Å². The number of rotatable bonds is 6. The van der Waals surface area contributed by atoms with Gasteiger partial charge in [0.25, 0.3) is 5.95 Å². The smallest absolute Gasteiger partial charge is 0.321 e. The van der Waals surface area contributed by atoms with Crippen LogP contribution in [0.2, 0.25) is 0 Å². The van der Waals surface area contributed by atoms with Gasteiger partial charge >= 0.3 is 6.03 Å². The number of para-hydroxylation sites is 1. The van der Waals surface area contributed by atoms with Crippen LogP contribution >= 0.6 is 0 Å². The lowest BCUT2D eigenvalue weighted by Crippen LogP contribution is -2.33. The van der Waals surface area contributed by atoms with Crippen LogP contribution in [-0.4, -0.2) is 34.3 Å². The van der Waals surface area contributed by atoms with Gasteiger partial charge in [-0.1, -0.05) is 48.5 Å². The Hall–Kier alpha value is -3.48. The van der Waals surface area contributed by atoms with Crippen molar-refractivity contribution in [3.05, 3.63) is 66.9 Å². The molecule has 2 aromatic carbocycles. The summed E-state index contributed by atoms with van der Waals surface area (Å²) in [5.74, 6) is 0.162. The molecule has 3 aromatic rings. The molecule has 0 saturated carbocycles. The third kappa shape index (κ3) is 5.00. The number of nitrogens with zero attached hydrogens (tertiary/aromatic N) is 3. The van der Waals surface area contributed by atoms with Crippen LogP contribution in [-0.2, 0) is 0 Å². The van der Waals surface area contributed by atoms with Crippen LogP contribution in [0.4, 0.5) is 16.4 Å². The number of aromatic nitrogens is 3. The minimum absolute atomic E-state index is 0.162. The molecule has 0 saturated heterocycles. The van der Waals surface area contributed by atoms with E-state index in [1.807, 2.05) is 60.7 Å². The van der Waals surface area contributed by atoms with E-state index in [1.165, 1.54) is 0 Å². The SMILES string of the molecule is O=C(NCCNc1ccccc1)Nc1nncc(-c2ccccc2)n1. The van der Waals surface area contributed by atoms with E-state index in [0.29, 0.717) is 18.8 Å². The Bertz CT molecular complexity index is 810. The quantitative estimate of drug-likeness (QED) is 0.603. The van der Waals surface area contributed by atoms with Gasteiger partial charge in [0.1, 0.15) is 0 Å². The lowest BCUT2D eigenvalue weighted by Gasteiger charge is -2.08. The van der Waals surface area contributed by atoms with Crippen LogP contribution in [0.1, 0.15) is 0 Å². The molecule has 1 aromatic heterocycles. The number of carbonyl (C=O) groups excluding carboxylic acids is 1. The fraction of sp³-hybridized carbons (Fsp3) is 0.111. The number of urea groups is 1. The summed E-state index contributed by atoms with van der Waals surface area (Å²) in [6.07, 6.45) is 1.56. The molecule has 0 spiro atoms. The van der Waals surface area contributed by atoms with Crippen molar-refractivity contribution in [2.45, 2.75) is 0 Å². The first-order valence-electron chi connectivity index (χ1n) is 7.90. The molecular weight excluding hydrogens is 316 g/mol. The third-order valence-corrected chi connectivity index (χ3v) is 3.37. The highest BCUT2D eigenvalue weighted by molar-refractivity contribution is 5.87. The van der Waals surface area contributed by atoms with Crippen LogP contribution in [0.25, 0.3) is 11.3 Å². The van der Waals surface area contributed by atoms with Crippen LogP contribution in [0.15, 0.2) is 66.9 Å². The van der Waals surface area contributed by atoms with Crippen molar-refractivity contribution < 1.29 is 4.79 Å². The van der Waals surface area contributed by atoms with Gasteiger partial charge in [0.05, 0.1) is 11.9 Å². The molecule has 1 heterocycles. The number of hydrogen-bond donors (Lipinski definition) is 3. The van der Waals surface area contributed by atoms with Gasteiger partial charge in [0.15, 0.2) is 0 Å². The molecule has 0 aliphatic heterocycles. The first kappa shape index (κ1) is 16.4. The topological polar surface area (TPSA) is 91.8 Å². The molecule has 0 unspecified atom stereocenters. The van der Waals surface area contributed by atoms with E-state index < -0.39 is 0 Å². The zero-order valence-electron chi connectivity index (χ0n) is 13.5. The van der Waals surface area contributed by atoms with Crippen LogP contribution in [0, 0.1) is 0 Å². The van der Waals surface area contributed by atoms with Crippen LogP contribution < -0.4 is 16.0 Å². The Morgan fingerprint density at radius 2 is 1.64 bits per heavy atom. The number of amides is 2. The molecule has 126 valence electrons. The molecule has 0 bridgehead atoms. The van der Waals surface area contributed by atoms with E-state index in [2.05, 4.69) is 31.1 Å². The molecule has 2 amide bonds. The number of nitrogens with one attached hydrogen (secondary N) is 3. The highest BCUT2D eigenvalue weighted by Gasteiger charge is 2.06. The summed E-state index contributed by atoms with van der Waals surface area (Å²) in [7, 11) is 0. The standard InChI is InChI=1S/C18H18N6O/c25-18(20-12-11-19-15-9-5-2-6-10-15)23-17-22-16(13-21-24-17)14-7-3-1-4-8-14/h1-10,13,19H,11-12H2,(H2,20,22,23,24,25). The van der Waals surface area contributed by atoms with Crippen molar-refractivity contribution in [3.63, 3.8) is 0 Å². The summed E-state index contributed by atoms with van der Waals surface area (Å²) >= 11 is 0. The summed E-state index contributed by atoms with van der Waals surface area (Å²) < 4.78 is 0. The van der Waals surface area contributed by atoms with E-state index in [9.17, 15) is 4.79 Å². The average Bonchev–Trinajstić information content (AvgIpc) is 2.67. The Morgan fingerprint density at radius 1 is 0.920 bits per heavy atom. The van der Waals surface area contributed by atoms with Gasteiger partial charge in [0, 0.05) is 24.3 Å². The maximum Gasteiger partial charge on any atom is 0.321 e. The summed E-state index contributed by atoms with van der Waals surface area (Å²) in [4.78, 5) is 16.2. The summed E-state index contributed by atoms with van der Waals surface area (Å²) in [5, 5.41) is 16.3. The maximum atomic E-state index is 11.9. The van der Waals surface area contributed by atoms with E-state index in [1.54, 1.807) is 6.20 Å². The van der Waals surface area contributed by atoms with Crippen molar-refractivity contribution in [1.29, 1.82) is 0 Å². The zero-order chi connectivity index (χ0) is 17.3. The Kier molecular flexibility index (Phi) is 5.50. The molecule has 0 radical (unpaired) electrons. The highest BCUT2D eigenvalue weighted by atomic mass is 16.2. The summed E-state index contributed by atoms with van der Waals surface area (Å²) in [6.45, 7) is 1.08. The predicted molar refractivity (Wildman–Crippen MR) is 97.2 cm³/mol. The number of hydrogen-bond acceptors (Lipinski definition) is 5. The van der Waals surface area contributed by atoms with Crippen LogP contribution in [0.5, 0.6) is 0 Å². The molecule has 0 aliphatic rings. The van der Waals surface area contributed by atoms with Crippen molar-refractivity contribution in [3.8, 4) is 11.3 Å². The van der Waals surface area contributed by atoms with Gasteiger partial charge in [-0.05, 0) is 12.1 Å². The van der Waals surface area contributed by atoms with Gasteiger partial charge in [-0.25, -0.2) is 9.78 Å². The zero-order valence-corrected chi connectivity index (χ0v) is 13.5. The molecule has 25 heavy (non-hydrogen) atoms. The van der Waals surface area contributed by atoms with Crippen molar-refractivity contribution >= 4 is 17.7 Å². The van der Waals surface area contributed by atoms with Gasteiger partial charge in [-0.2, -0.15) is 5.10 Å². The number of anilines is 2. The molecule has 0 atom stereocenters. The van der Waals surface area contributed by atoms with Gasteiger partial charge in [0.2, 0.25) is 0 Å². The predicted octanol–water partition coefficient (Wildman–Crippen LogP) is 2.77. The highest BCUT2D eigenvalue weighted by Crippen LogP contribution is 2.15. The molecule has 3 N–H and O–H groups in total. The largest absolute Gasteiger partial charge is 0.383 e. The minimum Gasteiger partial charge on any atom is -0.383 e. The number of benzene rings is 2. The molecule has 7 nitrogen and oxygen atoms in total. The van der Waals surface area contributed by atoms with Crippen molar-refractivity contribution in [1.82, 2.24) is 20.5 Å². The first-order chi connectivity index (χ1) is 12.3. The Balaban J connectivity index is 1.48. The second-order valence-electron chi connectivity index (χ2n) is 5.20. The maximum absolute atomic E-state index is 11.9. The molecule has 7 heteroatoms. The van der Waals surface area contributed by atoms with E-state index in [0.717, 1.165) is 11.3 Å². The molecular formula is C18H18N6O. The Labute approximate surface area is 145 Å². The fourth-order valence-corrected chi connectivity index (χ4v) is 2.19. The van der Waals surface area contributed by atoms with E-state index in [4.69, 9.17) is 0 Å². The second kappa shape index (κ2) is 8.39. The van der Waals surface area contributed by atoms with E-state index in [-0.39, 0.29) is 12.0 Å². The first-order valence-corrected chi connectivity index (χ1v) is 7.90. The number of carbonyl (C=O) groups is 1. The normalized spacial score (nSPS) is 10.1. The average molecular weight is 334 g/mol. The lowest BCUT2D eigenvalue weighted by molar-refractivity contribution is 0.252. The fourth-order valence-electron chi connectivity index (χ4n) is 2.19. The minimum atomic E-state index is -0.373. The monoisotopic (exact) mass is 334 g/mol. The summed E-state index contributed by atoms with van der Waals surface area (Å²) in [6, 6.07) is 19.0.